The van der Waals surface area contributed by atoms with Crippen molar-refractivity contribution in [3.05, 3.63) is 43.1 Å². The van der Waals surface area contributed by atoms with Gasteiger partial charge in [-0.2, -0.15) is 4.98 Å². The van der Waals surface area contributed by atoms with E-state index in [9.17, 15) is 29.1 Å². The molecule has 4 heterocycles. The number of nitrogens with zero attached hydrogens (tertiary/aromatic N) is 5. The van der Waals surface area contributed by atoms with Crippen LogP contribution in [-0.2, 0) is 26.3 Å². The molecule has 2 aromatic heterocycles. The molecule has 1 fully saturated rings. The third kappa shape index (κ3) is 6.56. The van der Waals surface area contributed by atoms with Gasteiger partial charge < -0.3 is 25.8 Å². The van der Waals surface area contributed by atoms with Crippen molar-refractivity contribution in [2.75, 3.05) is 24.3 Å². The summed E-state index contributed by atoms with van der Waals surface area (Å²) in [6.45, 7) is 0. The molecule has 4 N–H and O–H groups in total. The first-order valence-electron chi connectivity index (χ1n) is 11.2. The minimum atomic E-state index is -2.96. The molecule has 4 rings (SSSR count). The number of nitrogen functional groups attached to an aromatic ring is 1. The molecule has 0 bridgehead atoms. The summed E-state index contributed by atoms with van der Waals surface area (Å²) in [5, 5.41) is 20.8. The van der Waals surface area contributed by atoms with E-state index in [1.54, 1.807) is 0 Å². The standard InChI is InChI=1S/C18H18N8O7S3.2Na/c1-25-18(22-12(28)13(29)23-25)36-4-6-3-34-15-9(14(30)26(15)10(6)16(31)32)21-11(27)8(24-33-2)7-5-35-17(19)20-7;;/h5,9,15H,3-4H2,1-2H3,(H2,19,20)(H,21,27)(H,23,29)(H,31,32);;/q;;+1/p-1/b24-8-;;/t9-,15-;;/m1../s1/i2D3;;. The smallest absolute Gasteiger partial charge is 0.543 e. The first kappa shape index (κ1) is 27.9. The van der Waals surface area contributed by atoms with Crippen molar-refractivity contribution in [3.63, 3.8) is 0 Å². The van der Waals surface area contributed by atoms with Crippen LogP contribution in [0.2, 0.25) is 0 Å². The number of H-pyrrole nitrogens is 1. The Morgan fingerprint density at radius 2 is 2.16 bits per heavy atom. The average Bonchev–Trinajstić information content (AvgIpc) is 3.28. The van der Waals surface area contributed by atoms with Crippen LogP contribution in [0.5, 0.6) is 0 Å². The number of carboxylic acids is 1. The second-order valence-electron chi connectivity index (χ2n) is 7.19. The topological polar surface area (TPSA) is 218 Å². The van der Waals surface area contributed by atoms with Gasteiger partial charge in [0, 0.05) is 53.5 Å². The van der Waals surface area contributed by atoms with E-state index in [1.165, 1.54) is 17.1 Å². The molecule has 0 unspecified atom stereocenters. The molecule has 0 aliphatic carbocycles. The largest absolute Gasteiger partial charge is 1.00 e. The van der Waals surface area contributed by atoms with E-state index in [-0.39, 0.29) is 92.3 Å². The number of β-lactam (4-membered cyclic amide) rings is 1. The number of oxime groups is 1. The molecule has 0 spiro atoms. The summed E-state index contributed by atoms with van der Waals surface area (Å²) in [4.78, 5) is 73.8. The van der Waals surface area contributed by atoms with Crippen LogP contribution in [-0.4, -0.2) is 108 Å². The Bertz CT molecular complexity index is 1540. The van der Waals surface area contributed by atoms with Gasteiger partial charge in [0.05, 0.1) is 15.8 Å². The van der Waals surface area contributed by atoms with Crippen molar-refractivity contribution in [3.8, 4) is 0 Å². The van der Waals surface area contributed by atoms with Crippen LogP contribution < -0.4 is 56.8 Å². The number of rotatable bonds is 8. The molecule has 2 aliphatic rings. The maximum absolute atomic E-state index is 13.0. The number of aromatic nitrogens is 4. The van der Waals surface area contributed by atoms with Crippen molar-refractivity contribution < 1.29 is 58.0 Å². The van der Waals surface area contributed by atoms with E-state index in [0.717, 1.165) is 39.8 Å². The van der Waals surface area contributed by atoms with Gasteiger partial charge >= 0.3 is 40.7 Å². The van der Waals surface area contributed by atoms with Crippen molar-refractivity contribution in [1.82, 2.24) is 30.0 Å². The number of fused-ring (bicyclic) bond motifs is 1. The van der Waals surface area contributed by atoms with Crippen molar-refractivity contribution in [2.45, 2.75) is 16.6 Å². The van der Waals surface area contributed by atoms with Crippen LogP contribution in [0.3, 0.4) is 0 Å². The van der Waals surface area contributed by atoms with Crippen molar-refractivity contribution >= 4 is 93.0 Å². The number of carbonyl (C=O) groups is 3. The monoisotopic (exact) mass is 602 g/mol. The number of aliphatic carboxylic acids is 1. The fourth-order valence-corrected chi connectivity index (χ4v) is 6.33. The Hall–Kier alpha value is -1.64. The van der Waals surface area contributed by atoms with Gasteiger partial charge in [0.2, 0.25) is 0 Å². The molecule has 0 saturated carbocycles. The van der Waals surface area contributed by atoms with Gasteiger partial charge in [0.25, 0.3) is 11.8 Å². The fraction of sp³-hybridized carbons (Fsp3) is 0.333. The number of carboxylic acid groups (broad SMARTS) is 1. The molecule has 191 valence electrons. The predicted octanol–water partition coefficient (Wildman–Crippen LogP) is -6.32. The number of thioether (sulfide) groups is 2. The summed E-state index contributed by atoms with van der Waals surface area (Å²) in [7, 11) is -1.52. The molecule has 2 atom stereocenters. The van der Waals surface area contributed by atoms with Gasteiger partial charge in [-0.3, -0.25) is 33.9 Å². The third-order valence-electron chi connectivity index (χ3n) is 4.97. The first-order valence-corrected chi connectivity index (χ1v) is 12.6. The first-order chi connectivity index (χ1) is 18.3. The van der Waals surface area contributed by atoms with Gasteiger partial charge in [-0.25, -0.2) is 4.98 Å². The summed E-state index contributed by atoms with van der Waals surface area (Å²) < 4.78 is 22.6. The molecule has 38 heavy (non-hydrogen) atoms. The number of aryl methyl sites for hydroxylation is 1. The molecule has 2 aromatic rings. The second-order valence-corrected chi connectivity index (χ2v) is 10.1. The summed E-state index contributed by atoms with van der Waals surface area (Å²) >= 11 is 3.08. The zero-order valence-electron chi connectivity index (χ0n) is 23.0. The Morgan fingerprint density at radius 3 is 2.79 bits per heavy atom. The Balaban J connectivity index is 0.00000294. The molecule has 1 radical (unpaired) electrons. The molecule has 2 aliphatic heterocycles. The normalized spacial score (nSPS) is 20.0. The van der Waals surface area contributed by atoms with Crippen molar-refractivity contribution in [1.29, 1.82) is 0 Å². The maximum atomic E-state index is 13.0. The van der Waals surface area contributed by atoms with Gasteiger partial charge in [0.1, 0.15) is 24.1 Å². The van der Waals surface area contributed by atoms with E-state index in [2.05, 4.69) is 30.4 Å². The maximum Gasteiger partial charge on any atom is 1.00 e. The van der Waals surface area contributed by atoms with Crippen LogP contribution in [0.15, 0.2) is 36.6 Å². The van der Waals surface area contributed by atoms with E-state index >= 15 is 0 Å². The second kappa shape index (κ2) is 13.6. The van der Waals surface area contributed by atoms with Crippen LogP contribution in [0.4, 0.5) is 5.13 Å². The quantitative estimate of drug-likeness (QED) is 0.0642. The zero-order chi connectivity index (χ0) is 28.6. The minimum absolute atomic E-state index is 0. The number of amides is 2. The number of carbonyl (C=O) groups excluding carboxylic acids is 3. The number of hydrogen-bond acceptors (Lipinski definition) is 14. The number of nitrogens with one attached hydrogen (secondary N) is 2. The Labute approximate surface area is 274 Å². The van der Waals surface area contributed by atoms with Crippen LogP contribution in [0.1, 0.15) is 9.81 Å². The molecule has 20 heteroatoms. The zero-order valence-corrected chi connectivity index (χ0v) is 26.5. The van der Waals surface area contributed by atoms with Gasteiger partial charge in [-0.15, -0.1) is 23.1 Å². The molecular formula is C18H17N8Na2O7S3. The van der Waals surface area contributed by atoms with E-state index in [0.29, 0.717) is 5.57 Å². The third-order valence-corrected chi connectivity index (χ3v) is 8.10. The summed E-state index contributed by atoms with van der Waals surface area (Å²) in [6, 6.07) is -1.18. The number of nitrogens with two attached hydrogens (primary N) is 1. The molecule has 1 saturated heterocycles. The van der Waals surface area contributed by atoms with Gasteiger partial charge in [0.15, 0.2) is 16.0 Å². The molecule has 2 amide bonds. The van der Waals surface area contributed by atoms with Gasteiger partial charge in [-0.1, -0.05) is 16.9 Å². The molecule has 15 nitrogen and oxygen atoms in total. The van der Waals surface area contributed by atoms with Crippen LogP contribution >= 0.6 is 34.9 Å². The molecule has 0 aromatic carbocycles. The Morgan fingerprint density at radius 1 is 1.42 bits per heavy atom. The number of aromatic amines is 1. The summed E-state index contributed by atoms with van der Waals surface area (Å²) in [6.07, 6.45) is 0. The van der Waals surface area contributed by atoms with Crippen molar-refractivity contribution in [2.24, 2.45) is 12.2 Å². The average molecular weight is 603 g/mol. The number of hydrogen-bond donors (Lipinski definition) is 3. The van der Waals surface area contributed by atoms with E-state index in [4.69, 9.17) is 9.85 Å². The predicted molar refractivity (Wildman–Crippen MR) is 134 cm³/mol. The van der Waals surface area contributed by atoms with Gasteiger partial charge in [-0.05, 0) is 5.57 Å². The number of thiazole rings is 1. The van der Waals surface area contributed by atoms with E-state index in [1.807, 2.05) is 0 Å². The van der Waals surface area contributed by atoms with Crippen LogP contribution in [0, 0.1) is 0 Å². The SMILES string of the molecule is [2H]C([2H])([2H])O/N=C(\C(=O)N[C@@H]1C(=O)N2C(C(=O)[O-])=C(CSc3nc(=O)c(=O)[nH]n3C)CS[C@H]12)c1csc(N)n1.[Na+].[Na]. The summed E-state index contributed by atoms with van der Waals surface area (Å²) in [5.41, 5.74) is 2.95. The fourth-order valence-electron chi connectivity index (χ4n) is 3.38. The Kier molecular flexibility index (Phi) is 10.0. The molecular weight excluding hydrogens is 582 g/mol. The summed E-state index contributed by atoms with van der Waals surface area (Å²) in [5.74, 6) is -3.24. The number of anilines is 1. The van der Waals surface area contributed by atoms with E-state index < -0.39 is 53.1 Å². The van der Waals surface area contributed by atoms with Crippen LogP contribution in [0.25, 0.3) is 0 Å². The minimum Gasteiger partial charge on any atom is -0.543 e.